The number of nitrogens with zero attached hydrogens (tertiary/aromatic N) is 2. The fraction of sp³-hybridized carbons (Fsp3) is 0.217. The van der Waals surface area contributed by atoms with Crippen molar-refractivity contribution in [2.45, 2.75) is 13.8 Å². The first kappa shape index (κ1) is 20.2. The number of rotatable bonds is 8. The predicted molar refractivity (Wildman–Crippen MR) is 118 cm³/mol. The third kappa shape index (κ3) is 5.25. The molecule has 150 valence electrons. The van der Waals surface area contributed by atoms with Gasteiger partial charge in [0.1, 0.15) is 11.4 Å². The van der Waals surface area contributed by atoms with E-state index in [4.69, 9.17) is 4.74 Å². The van der Waals surface area contributed by atoms with Crippen LogP contribution in [0.5, 0.6) is 5.75 Å². The number of amides is 1. The van der Waals surface area contributed by atoms with Crippen LogP contribution in [0.15, 0.2) is 66.9 Å². The average Bonchev–Trinajstić information content (AvgIpc) is 2.77. The topological polar surface area (TPSA) is 66.5 Å². The molecule has 3 aromatic rings. The molecule has 1 amide bonds. The first-order valence-electron chi connectivity index (χ1n) is 9.66. The number of ether oxygens (including phenoxy) is 1. The van der Waals surface area contributed by atoms with Gasteiger partial charge in [-0.05, 0) is 74.5 Å². The van der Waals surface area contributed by atoms with Crippen LogP contribution in [0.1, 0.15) is 24.3 Å². The number of anilines is 4. The first-order valence-corrected chi connectivity index (χ1v) is 9.66. The summed E-state index contributed by atoms with van der Waals surface area (Å²) in [6.07, 6.45) is 1.65. The number of carbonyl (C=O) groups excluding carboxylic acids is 1. The monoisotopic (exact) mass is 390 g/mol. The lowest BCUT2D eigenvalue weighted by Gasteiger charge is -2.21. The Kier molecular flexibility index (Phi) is 6.68. The van der Waals surface area contributed by atoms with Crippen molar-refractivity contribution in [3.8, 4) is 5.75 Å². The molecule has 0 radical (unpaired) electrons. The quantitative estimate of drug-likeness (QED) is 0.571. The van der Waals surface area contributed by atoms with Gasteiger partial charge in [-0.3, -0.25) is 4.79 Å². The van der Waals surface area contributed by atoms with Gasteiger partial charge >= 0.3 is 0 Å². The Morgan fingerprint density at radius 3 is 2.07 bits per heavy atom. The van der Waals surface area contributed by atoms with E-state index in [1.807, 2.05) is 18.2 Å². The van der Waals surface area contributed by atoms with E-state index in [2.05, 4.69) is 46.5 Å². The summed E-state index contributed by atoms with van der Waals surface area (Å²) in [7, 11) is 1.60. The van der Waals surface area contributed by atoms with Crippen LogP contribution in [0.4, 0.5) is 22.7 Å². The van der Waals surface area contributed by atoms with Gasteiger partial charge in [-0.2, -0.15) is 0 Å². The normalized spacial score (nSPS) is 10.3. The summed E-state index contributed by atoms with van der Waals surface area (Å²) in [5.41, 5.74) is 4.03. The van der Waals surface area contributed by atoms with E-state index in [1.54, 1.807) is 43.6 Å². The summed E-state index contributed by atoms with van der Waals surface area (Å²) < 4.78 is 5.12. The van der Waals surface area contributed by atoms with Gasteiger partial charge in [0.2, 0.25) is 0 Å². The second-order valence-electron chi connectivity index (χ2n) is 6.46. The van der Waals surface area contributed by atoms with Crippen LogP contribution in [0.3, 0.4) is 0 Å². The summed E-state index contributed by atoms with van der Waals surface area (Å²) in [5.74, 6) is 0.479. The molecule has 0 unspecified atom stereocenters. The van der Waals surface area contributed by atoms with Crippen molar-refractivity contribution in [1.82, 2.24) is 4.98 Å². The van der Waals surface area contributed by atoms with E-state index in [0.717, 1.165) is 30.2 Å². The summed E-state index contributed by atoms with van der Waals surface area (Å²) in [6.45, 7) is 6.25. The number of aromatic nitrogens is 1. The second kappa shape index (κ2) is 9.59. The van der Waals surface area contributed by atoms with Crippen molar-refractivity contribution in [1.29, 1.82) is 0 Å². The van der Waals surface area contributed by atoms with Crippen molar-refractivity contribution < 1.29 is 9.53 Å². The summed E-state index contributed by atoms with van der Waals surface area (Å²) in [6, 6.07) is 19.0. The lowest BCUT2D eigenvalue weighted by Crippen LogP contribution is -2.21. The highest BCUT2D eigenvalue weighted by Crippen LogP contribution is 2.21. The maximum atomic E-state index is 12.4. The highest BCUT2D eigenvalue weighted by molar-refractivity contribution is 6.03. The van der Waals surface area contributed by atoms with Gasteiger partial charge in [0.15, 0.2) is 0 Å². The SMILES string of the molecule is CCN(CC)c1ccc(Nc2ccc(C(=O)Nc3ccc(OC)cc3)nc2)cc1. The Hall–Kier alpha value is -3.54. The molecule has 1 aromatic heterocycles. The number of carbonyl (C=O) groups is 1. The van der Waals surface area contributed by atoms with Gasteiger partial charge in [0.05, 0.1) is 19.0 Å². The molecule has 0 bridgehead atoms. The molecule has 0 atom stereocenters. The van der Waals surface area contributed by atoms with Gasteiger partial charge in [-0.25, -0.2) is 4.98 Å². The molecular formula is C23H26N4O2. The number of pyridine rings is 1. The largest absolute Gasteiger partial charge is 0.497 e. The van der Waals surface area contributed by atoms with E-state index < -0.39 is 0 Å². The van der Waals surface area contributed by atoms with Crippen LogP contribution >= 0.6 is 0 Å². The minimum Gasteiger partial charge on any atom is -0.497 e. The summed E-state index contributed by atoms with van der Waals surface area (Å²) in [5, 5.41) is 6.13. The van der Waals surface area contributed by atoms with Crippen LogP contribution < -0.4 is 20.3 Å². The zero-order chi connectivity index (χ0) is 20.6. The zero-order valence-corrected chi connectivity index (χ0v) is 17.0. The molecule has 2 aromatic carbocycles. The minimum atomic E-state index is -0.259. The van der Waals surface area contributed by atoms with Gasteiger partial charge in [-0.15, -0.1) is 0 Å². The Morgan fingerprint density at radius 2 is 1.52 bits per heavy atom. The lowest BCUT2D eigenvalue weighted by molar-refractivity contribution is 0.102. The van der Waals surface area contributed by atoms with E-state index in [1.165, 1.54) is 5.69 Å². The Morgan fingerprint density at radius 1 is 0.897 bits per heavy atom. The molecule has 6 nitrogen and oxygen atoms in total. The van der Waals surface area contributed by atoms with E-state index in [0.29, 0.717) is 11.4 Å². The van der Waals surface area contributed by atoms with Crippen molar-refractivity contribution in [3.05, 3.63) is 72.6 Å². The number of hydrogen-bond acceptors (Lipinski definition) is 5. The Bertz CT molecular complexity index is 919. The number of nitrogens with one attached hydrogen (secondary N) is 2. The highest BCUT2D eigenvalue weighted by atomic mass is 16.5. The van der Waals surface area contributed by atoms with Gasteiger partial charge in [0, 0.05) is 30.2 Å². The lowest BCUT2D eigenvalue weighted by atomic mass is 10.2. The maximum absolute atomic E-state index is 12.4. The van der Waals surface area contributed by atoms with Crippen LogP contribution in [-0.2, 0) is 0 Å². The molecule has 0 spiro atoms. The number of hydrogen-bond donors (Lipinski definition) is 2. The number of methoxy groups -OCH3 is 1. The molecule has 0 aliphatic heterocycles. The molecule has 0 aliphatic carbocycles. The zero-order valence-electron chi connectivity index (χ0n) is 17.0. The smallest absolute Gasteiger partial charge is 0.274 e. The third-order valence-corrected chi connectivity index (χ3v) is 4.63. The molecule has 0 fully saturated rings. The van der Waals surface area contributed by atoms with Crippen LogP contribution in [0, 0.1) is 0 Å². The third-order valence-electron chi connectivity index (χ3n) is 4.63. The standard InChI is InChI=1S/C23H26N4O2/c1-4-27(5-2)20-11-6-17(7-12-20)25-19-10-15-22(24-16-19)23(28)26-18-8-13-21(29-3)14-9-18/h6-16,25H,4-5H2,1-3H3,(H,26,28). The molecule has 3 rings (SSSR count). The summed E-state index contributed by atoms with van der Waals surface area (Å²) >= 11 is 0. The van der Waals surface area contributed by atoms with E-state index in [9.17, 15) is 4.79 Å². The Labute approximate surface area is 171 Å². The summed E-state index contributed by atoms with van der Waals surface area (Å²) in [4.78, 5) is 18.9. The average molecular weight is 390 g/mol. The first-order chi connectivity index (χ1) is 14.1. The van der Waals surface area contributed by atoms with Crippen LogP contribution in [0.2, 0.25) is 0 Å². The van der Waals surface area contributed by atoms with Gasteiger partial charge in [-0.1, -0.05) is 0 Å². The Balaban J connectivity index is 1.61. The van der Waals surface area contributed by atoms with Crippen molar-refractivity contribution in [3.63, 3.8) is 0 Å². The fourth-order valence-electron chi connectivity index (χ4n) is 2.98. The van der Waals surface area contributed by atoms with Gasteiger partial charge < -0.3 is 20.3 Å². The molecule has 29 heavy (non-hydrogen) atoms. The molecule has 1 heterocycles. The van der Waals surface area contributed by atoms with Gasteiger partial charge in [0.25, 0.3) is 5.91 Å². The van der Waals surface area contributed by atoms with E-state index >= 15 is 0 Å². The fourth-order valence-corrected chi connectivity index (χ4v) is 2.98. The second-order valence-corrected chi connectivity index (χ2v) is 6.46. The molecule has 0 aliphatic rings. The van der Waals surface area contributed by atoms with Crippen molar-refractivity contribution in [2.24, 2.45) is 0 Å². The maximum Gasteiger partial charge on any atom is 0.274 e. The molecule has 2 N–H and O–H groups in total. The van der Waals surface area contributed by atoms with Crippen molar-refractivity contribution >= 4 is 28.7 Å². The minimum absolute atomic E-state index is 0.259. The molecule has 6 heteroatoms. The predicted octanol–water partition coefficient (Wildman–Crippen LogP) is 4.93. The molecule has 0 saturated carbocycles. The van der Waals surface area contributed by atoms with Crippen molar-refractivity contribution in [2.75, 3.05) is 35.7 Å². The number of benzene rings is 2. The van der Waals surface area contributed by atoms with Crippen LogP contribution in [-0.4, -0.2) is 31.1 Å². The highest BCUT2D eigenvalue weighted by Gasteiger charge is 2.08. The van der Waals surface area contributed by atoms with E-state index in [-0.39, 0.29) is 5.91 Å². The molecular weight excluding hydrogens is 364 g/mol. The molecule has 0 saturated heterocycles. The van der Waals surface area contributed by atoms with Crippen LogP contribution in [0.25, 0.3) is 0 Å².